The van der Waals surface area contributed by atoms with Gasteiger partial charge in [0.05, 0.1) is 18.0 Å². The second-order valence-electron chi connectivity index (χ2n) is 7.84. The third-order valence-electron chi connectivity index (χ3n) is 5.30. The molecule has 2 aliphatic rings. The van der Waals surface area contributed by atoms with Crippen molar-refractivity contribution in [2.24, 2.45) is 4.99 Å². The van der Waals surface area contributed by atoms with E-state index in [1.807, 2.05) is 30.0 Å². The van der Waals surface area contributed by atoms with Crippen molar-refractivity contribution >= 4 is 34.6 Å². The Morgan fingerprint density at radius 3 is 2.78 bits per heavy atom. The number of nitrogens with zero attached hydrogens (tertiary/aromatic N) is 2. The van der Waals surface area contributed by atoms with Crippen LogP contribution in [0.25, 0.3) is 0 Å². The lowest BCUT2D eigenvalue weighted by Gasteiger charge is -2.43. The SMILES string of the molecule is CCOc1cc2c3c(c1)C(C)CC(C)(C)N3C(=O)C2=Nc1cccc(Cl)c1. The van der Waals surface area contributed by atoms with Crippen LogP contribution in [0, 0.1) is 0 Å². The maximum absolute atomic E-state index is 13.4. The van der Waals surface area contributed by atoms with Gasteiger partial charge in [0.15, 0.2) is 0 Å². The van der Waals surface area contributed by atoms with Crippen molar-refractivity contribution < 1.29 is 9.53 Å². The minimum absolute atomic E-state index is 0.0585. The smallest absolute Gasteiger partial charge is 0.278 e. The highest BCUT2D eigenvalue weighted by Crippen LogP contribution is 2.50. The van der Waals surface area contributed by atoms with Gasteiger partial charge in [0.25, 0.3) is 5.91 Å². The van der Waals surface area contributed by atoms with Crippen LogP contribution in [0.3, 0.4) is 0 Å². The zero-order valence-electron chi connectivity index (χ0n) is 16.0. The van der Waals surface area contributed by atoms with Crippen LogP contribution in [0.15, 0.2) is 41.4 Å². The number of hydrogen-bond acceptors (Lipinski definition) is 3. The molecule has 2 aromatic rings. The zero-order chi connectivity index (χ0) is 19.3. The first-order valence-electron chi connectivity index (χ1n) is 9.31. The first kappa shape index (κ1) is 18.1. The van der Waals surface area contributed by atoms with E-state index in [4.69, 9.17) is 16.3 Å². The van der Waals surface area contributed by atoms with Gasteiger partial charge in [0.1, 0.15) is 11.5 Å². The van der Waals surface area contributed by atoms with Gasteiger partial charge < -0.3 is 9.64 Å². The average molecular weight is 383 g/mol. The maximum Gasteiger partial charge on any atom is 0.278 e. The summed E-state index contributed by atoms with van der Waals surface area (Å²) in [5, 5.41) is 0.599. The number of rotatable bonds is 3. The summed E-state index contributed by atoms with van der Waals surface area (Å²) < 4.78 is 5.78. The molecule has 0 N–H and O–H groups in total. The molecule has 0 aromatic heterocycles. The van der Waals surface area contributed by atoms with Crippen LogP contribution in [-0.2, 0) is 4.79 Å². The molecule has 0 saturated carbocycles. The fourth-order valence-corrected chi connectivity index (χ4v) is 4.50. The van der Waals surface area contributed by atoms with Gasteiger partial charge in [-0.05, 0) is 69.0 Å². The lowest BCUT2D eigenvalue weighted by atomic mass is 9.80. The Hall–Kier alpha value is -2.33. The van der Waals surface area contributed by atoms with Crippen LogP contribution in [0.5, 0.6) is 5.75 Å². The van der Waals surface area contributed by atoms with E-state index in [-0.39, 0.29) is 11.4 Å². The maximum atomic E-state index is 13.4. The van der Waals surface area contributed by atoms with Crippen LogP contribution in [-0.4, -0.2) is 23.8 Å². The van der Waals surface area contributed by atoms with Gasteiger partial charge in [0.2, 0.25) is 0 Å². The highest BCUT2D eigenvalue weighted by Gasteiger charge is 2.48. The third-order valence-corrected chi connectivity index (χ3v) is 5.53. The number of carbonyl (C=O) groups excluding carboxylic acids is 1. The lowest BCUT2D eigenvalue weighted by Crippen LogP contribution is -2.50. The number of ether oxygens (including phenoxy) is 1. The number of carbonyl (C=O) groups is 1. The minimum atomic E-state index is -0.267. The normalized spacial score (nSPS) is 21.5. The van der Waals surface area contributed by atoms with E-state index < -0.39 is 0 Å². The minimum Gasteiger partial charge on any atom is -0.494 e. The van der Waals surface area contributed by atoms with Crippen LogP contribution in [0.1, 0.15) is 51.2 Å². The summed E-state index contributed by atoms with van der Waals surface area (Å²) >= 11 is 6.10. The number of hydrogen-bond donors (Lipinski definition) is 0. The zero-order valence-corrected chi connectivity index (χ0v) is 16.8. The van der Waals surface area contributed by atoms with E-state index in [9.17, 15) is 4.79 Å². The summed E-state index contributed by atoms with van der Waals surface area (Å²) in [6.07, 6.45) is 0.894. The molecular weight excluding hydrogens is 360 g/mol. The number of amides is 1. The quantitative estimate of drug-likeness (QED) is 0.704. The molecule has 0 saturated heterocycles. The molecule has 2 aromatic carbocycles. The highest BCUT2D eigenvalue weighted by molar-refractivity contribution is 6.55. The summed E-state index contributed by atoms with van der Waals surface area (Å²) in [6.45, 7) is 8.99. The predicted octanol–water partition coefficient (Wildman–Crippen LogP) is 5.49. The van der Waals surface area contributed by atoms with E-state index >= 15 is 0 Å². The monoisotopic (exact) mass is 382 g/mol. The molecule has 0 radical (unpaired) electrons. The van der Waals surface area contributed by atoms with E-state index in [1.165, 1.54) is 0 Å². The Kier molecular flexibility index (Phi) is 4.26. The van der Waals surface area contributed by atoms with Crippen molar-refractivity contribution in [3.63, 3.8) is 0 Å². The van der Waals surface area contributed by atoms with Crippen LogP contribution < -0.4 is 9.64 Å². The van der Waals surface area contributed by atoms with Crippen LogP contribution in [0.4, 0.5) is 11.4 Å². The molecule has 5 heteroatoms. The molecule has 0 spiro atoms. The molecule has 2 aliphatic heterocycles. The van der Waals surface area contributed by atoms with Crippen molar-refractivity contribution in [3.05, 3.63) is 52.5 Å². The number of anilines is 1. The van der Waals surface area contributed by atoms with Gasteiger partial charge in [-0.25, -0.2) is 4.99 Å². The van der Waals surface area contributed by atoms with Gasteiger partial charge in [-0.2, -0.15) is 0 Å². The van der Waals surface area contributed by atoms with Gasteiger partial charge in [-0.15, -0.1) is 0 Å². The fourth-order valence-electron chi connectivity index (χ4n) is 4.32. The first-order valence-corrected chi connectivity index (χ1v) is 9.69. The molecule has 1 unspecified atom stereocenters. The number of benzene rings is 2. The van der Waals surface area contributed by atoms with Crippen LogP contribution in [0.2, 0.25) is 5.02 Å². The molecule has 4 rings (SSSR count). The summed E-state index contributed by atoms with van der Waals surface area (Å²) in [5.74, 6) is 1.06. The molecule has 0 aliphatic carbocycles. The van der Waals surface area contributed by atoms with E-state index in [0.29, 0.717) is 28.9 Å². The lowest BCUT2D eigenvalue weighted by molar-refractivity contribution is -0.113. The number of aliphatic imine (C=N–C) groups is 1. The summed E-state index contributed by atoms with van der Waals surface area (Å²) in [4.78, 5) is 20.0. The topological polar surface area (TPSA) is 41.9 Å². The fraction of sp³-hybridized carbons (Fsp3) is 0.364. The van der Waals surface area contributed by atoms with Gasteiger partial charge in [-0.3, -0.25) is 4.79 Å². The van der Waals surface area contributed by atoms with Gasteiger partial charge in [-0.1, -0.05) is 24.6 Å². The van der Waals surface area contributed by atoms with Crippen LogP contribution >= 0.6 is 11.6 Å². The molecule has 140 valence electrons. The van der Waals surface area contributed by atoms with Crippen molar-refractivity contribution in [3.8, 4) is 5.75 Å². The largest absolute Gasteiger partial charge is 0.494 e. The molecule has 1 atom stereocenters. The molecular formula is C22H23ClN2O2. The molecule has 0 fully saturated rings. The molecule has 0 bridgehead atoms. The number of halogens is 1. The third kappa shape index (κ3) is 2.92. The summed E-state index contributed by atoms with van der Waals surface area (Å²) in [5.41, 5.74) is 3.84. The van der Waals surface area contributed by atoms with E-state index in [1.54, 1.807) is 12.1 Å². The Labute approximate surface area is 164 Å². The van der Waals surface area contributed by atoms with Crippen molar-refractivity contribution in [2.45, 2.75) is 45.6 Å². The molecule has 27 heavy (non-hydrogen) atoms. The second-order valence-corrected chi connectivity index (χ2v) is 8.28. The Morgan fingerprint density at radius 1 is 1.30 bits per heavy atom. The second kappa shape index (κ2) is 6.38. The Morgan fingerprint density at radius 2 is 2.07 bits per heavy atom. The first-order chi connectivity index (χ1) is 12.8. The molecule has 4 nitrogen and oxygen atoms in total. The van der Waals surface area contributed by atoms with Gasteiger partial charge >= 0.3 is 0 Å². The van der Waals surface area contributed by atoms with Crippen molar-refractivity contribution in [1.82, 2.24) is 0 Å². The Bertz CT molecular complexity index is 965. The predicted molar refractivity (Wildman–Crippen MR) is 110 cm³/mol. The standard InChI is InChI=1S/C22H23ClN2O2/c1-5-27-16-10-17-13(2)12-22(3,4)25-20(17)18(11-16)19(21(25)26)24-15-8-6-7-14(23)9-15/h6-11,13H,5,12H2,1-4H3. The molecule has 2 heterocycles. The van der Waals surface area contributed by atoms with Gasteiger partial charge in [0, 0.05) is 16.1 Å². The highest BCUT2D eigenvalue weighted by atomic mass is 35.5. The molecule has 1 amide bonds. The average Bonchev–Trinajstić information content (AvgIpc) is 2.86. The summed E-state index contributed by atoms with van der Waals surface area (Å²) in [6, 6.07) is 11.3. The van der Waals surface area contributed by atoms with E-state index in [2.05, 4.69) is 31.8 Å². The summed E-state index contributed by atoms with van der Waals surface area (Å²) in [7, 11) is 0. The van der Waals surface area contributed by atoms with E-state index in [0.717, 1.165) is 29.0 Å². The van der Waals surface area contributed by atoms with Crippen molar-refractivity contribution in [2.75, 3.05) is 11.5 Å². The van der Waals surface area contributed by atoms with Crippen molar-refractivity contribution in [1.29, 1.82) is 0 Å². The Balaban J connectivity index is 1.96.